The number of hydrogen-bond acceptors (Lipinski definition) is 2. The van der Waals surface area contributed by atoms with Gasteiger partial charge in [0.15, 0.2) is 0 Å². The van der Waals surface area contributed by atoms with Crippen molar-refractivity contribution in [2.45, 2.75) is 31.9 Å². The number of alkyl halides is 3. The second kappa shape index (κ2) is 6.83. The van der Waals surface area contributed by atoms with E-state index in [2.05, 4.69) is 10.6 Å². The van der Waals surface area contributed by atoms with Gasteiger partial charge < -0.3 is 10.6 Å². The van der Waals surface area contributed by atoms with Crippen LogP contribution in [-0.4, -0.2) is 25.2 Å². The van der Waals surface area contributed by atoms with Crippen LogP contribution < -0.4 is 10.6 Å². The predicted octanol–water partition coefficient (Wildman–Crippen LogP) is 3.12. The van der Waals surface area contributed by atoms with E-state index in [0.29, 0.717) is 25.9 Å². The first-order chi connectivity index (χ1) is 9.96. The van der Waals surface area contributed by atoms with Gasteiger partial charge in [-0.25, -0.2) is 0 Å². The molecule has 1 unspecified atom stereocenters. The van der Waals surface area contributed by atoms with Crippen LogP contribution in [0.3, 0.4) is 0 Å². The summed E-state index contributed by atoms with van der Waals surface area (Å²) in [5, 5.41) is 5.93. The number of nitrogens with one attached hydrogen (secondary N) is 2. The van der Waals surface area contributed by atoms with Crippen molar-refractivity contribution in [2.24, 2.45) is 5.92 Å². The number of para-hydroxylation sites is 1. The molecule has 1 aromatic carbocycles. The Kier molecular flexibility index (Phi) is 5.09. The Morgan fingerprint density at radius 2 is 2.05 bits per heavy atom. The molecule has 1 amide bonds. The van der Waals surface area contributed by atoms with E-state index in [1.54, 1.807) is 0 Å². The Morgan fingerprint density at radius 3 is 2.81 bits per heavy atom. The zero-order chi connectivity index (χ0) is 15.3. The lowest BCUT2D eigenvalue weighted by atomic mass is 9.93. The van der Waals surface area contributed by atoms with Gasteiger partial charge in [-0.3, -0.25) is 4.79 Å². The maximum Gasteiger partial charge on any atom is 0.389 e. The summed E-state index contributed by atoms with van der Waals surface area (Å²) in [6.45, 7) is 0.860. The fourth-order valence-corrected chi connectivity index (χ4v) is 2.43. The van der Waals surface area contributed by atoms with Gasteiger partial charge >= 0.3 is 6.18 Å². The number of carbonyl (C=O) groups is 1. The number of fused-ring (bicyclic) bond motifs is 1. The molecule has 2 rings (SSSR count). The van der Waals surface area contributed by atoms with Gasteiger partial charge in [-0.15, -0.1) is 0 Å². The molecule has 0 aliphatic carbocycles. The topological polar surface area (TPSA) is 41.1 Å². The fourth-order valence-electron chi connectivity index (χ4n) is 2.43. The fraction of sp³-hybridized carbons (Fsp3) is 0.533. The van der Waals surface area contributed by atoms with E-state index in [1.165, 1.54) is 0 Å². The summed E-state index contributed by atoms with van der Waals surface area (Å²) in [6.07, 6.45) is -3.84. The van der Waals surface area contributed by atoms with E-state index in [-0.39, 0.29) is 18.2 Å². The molecule has 1 atom stereocenters. The molecule has 0 radical (unpaired) electrons. The second-order valence-corrected chi connectivity index (χ2v) is 5.30. The lowest BCUT2D eigenvalue weighted by Crippen LogP contribution is -2.38. The van der Waals surface area contributed by atoms with Gasteiger partial charge in [0.2, 0.25) is 5.91 Å². The van der Waals surface area contributed by atoms with Crippen LogP contribution in [0.2, 0.25) is 0 Å². The van der Waals surface area contributed by atoms with E-state index in [1.807, 2.05) is 24.3 Å². The number of anilines is 1. The zero-order valence-electron chi connectivity index (χ0n) is 11.7. The number of carbonyl (C=O) groups excluding carboxylic acids is 1. The van der Waals surface area contributed by atoms with Crippen molar-refractivity contribution >= 4 is 11.6 Å². The minimum Gasteiger partial charge on any atom is -0.384 e. The molecule has 0 fully saturated rings. The number of hydrogen-bond donors (Lipinski definition) is 2. The van der Waals surface area contributed by atoms with Crippen molar-refractivity contribution in [3.05, 3.63) is 29.8 Å². The summed E-state index contributed by atoms with van der Waals surface area (Å²) in [7, 11) is 0. The summed E-state index contributed by atoms with van der Waals surface area (Å²) in [5.41, 5.74) is 2.15. The monoisotopic (exact) mass is 300 g/mol. The molecular weight excluding hydrogens is 281 g/mol. The summed E-state index contributed by atoms with van der Waals surface area (Å²) in [5.74, 6) is -0.258. The average molecular weight is 300 g/mol. The Bertz CT molecular complexity index is 488. The molecule has 6 heteroatoms. The smallest absolute Gasteiger partial charge is 0.384 e. The number of rotatable bonds is 5. The molecular formula is C15H19F3N2O. The van der Waals surface area contributed by atoms with Gasteiger partial charge in [0.1, 0.15) is 0 Å². The molecule has 1 aromatic rings. The molecule has 1 aliphatic heterocycles. The summed E-state index contributed by atoms with van der Waals surface area (Å²) in [4.78, 5) is 12.0. The molecule has 0 aromatic heterocycles. The van der Waals surface area contributed by atoms with Crippen LogP contribution in [0.1, 0.15) is 24.8 Å². The molecule has 0 spiro atoms. The van der Waals surface area contributed by atoms with Crippen molar-refractivity contribution in [3.8, 4) is 0 Å². The first-order valence-corrected chi connectivity index (χ1v) is 7.12. The van der Waals surface area contributed by atoms with Gasteiger partial charge in [-0.1, -0.05) is 18.2 Å². The largest absolute Gasteiger partial charge is 0.389 e. The van der Waals surface area contributed by atoms with E-state index in [4.69, 9.17) is 0 Å². The quantitative estimate of drug-likeness (QED) is 0.820. The van der Waals surface area contributed by atoms with Crippen molar-refractivity contribution in [2.75, 3.05) is 18.4 Å². The summed E-state index contributed by atoms with van der Waals surface area (Å²) in [6, 6.07) is 7.82. The standard InChI is InChI=1S/C15H19F3N2O/c16-15(17,18)7-3-4-8-19-14(21)12-9-11-5-1-2-6-13(11)20-10-12/h1-2,5-6,12,20H,3-4,7-10H2,(H,19,21). The van der Waals surface area contributed by atoms with Crippen molar-refractivity contribution in [1.82, 2.24) is 5.32 Å². The molecule has 3 nitrogen and oxygen atoms in total. The van der Waals surface area contributed by atoms with Gasteiger partial charge in [-0.05, 0) is 30.9 Å². The molecule has 116 valence electrons. The third-order valence-corrected chi connectivity index (χ3v) is 3.58. The van der Waals surface area contributed by atoms with Crippen LogP contribution in [-0.2, 0) is 11.2 Å². The van der Waals surface area contributed by atoms with E-state index in [9.17, 15) is 18.0 Å². The Labute approximate surface area is 121 Å². The Morgan fingerprint density at radius 1 is 1.29 bits per heavy atom. The number of amides is 1. The minimum absolute atomic E-state index is 0.0511. The third-order valence-electron chi connectivity index (χ3n) is 3.58. The summed E-state index contributed by atoms with van der Waals surface area (Å²) >= 11 is 0. The number of halogens is 3. The SMILES string of the molecule is O=C(NCCCCC(F)(F)F)C1CNc2ccccc2C1. The normalized spacial score (nSPS) is 17.8. The van der Waals surface area contributed by atoms with Crippen LogP contribution in [0.15, 0.2) is 24.3 Å². The maximum absolute atomic E-state index is 12.0. The first kappa shape index (κ1) is 15.7. The Hall–Kier alpha value is -1.72. The van der Waals surface area contributed by atoms with Crippen molar-refractivity contribution in [3.63, 3.8) is 0 Å². The van der Waals surface area contributed by atoms with Crippen LogP contribution in [0.25, 0.3) is 0 Å². The molecule has 21 heavy (non-hydrogen) atoms. The van der Waals surface area contributed by atoms with Crippen molar-refractivity contribution in [1.29, 1.82) is 0 Å². The third kappa shape index (κ3) is 4.95. The van der Waals surface area contributed by atoms with Crippen LogP contribution in [0.5, 0.6) is 0 Å². The number of benzene rings is 1. The molecule has 0 saturated carbocycles. The van der Waals surface area contributed by atoms with Gasteiger partial charge in [0.25, 0.3) is 0 Å². The molecule has 0 saturated heterocycles. The van der Waals surface area contributed by atoms with Gasteiger partial charge in [0.05, 0.1) is 5.92 Å². The molecule has 1 aliphatic rings. The Balaban J connectivity index is 1.70. The highest BCUT2D eigenvalue weighted by Crippen LogP contribution is 2.24. The molecule has 2 N–H and O–H groups in total. The highest BCUT2D eigenvalue weighted by atomic mass is 19.4. The average Bonchev–Trinajstić information content (AvgIpc) is 2.45. The van der Waals surface area contributed by atoms with Crippen LogP contribution in [0.4, 0.5) is 18.9 Å². The van der Waals surface area contributed by atoms with E-state index in [0.717, 1.165) is 11.3 Å². The molecule has 1 heterocycles. The highest BCUT2D eigenvalue weighted by molar-refractivity contribution is 5.80. The van der Waals surface area contributed by atoms with Gasteiger partial charge in [-0.2, -0.15) is 13.2 Å². The highest BCUT2D eigenvalue weighted by Gasteiger charge is 2.26. The van der Waals surface area contributed by atoms with Crippen molar-refractivity contribution < 1.29 is 18.0 Å². The minimum atomic E-state index is -4.11. The maximum atomic E-state index is 12.0. The number of unbranched alkanes of at least 4 members (excludes halogenated alkanes) is 1. The second-order valence-electron chi connectivity index (χ2n) is 5.30. The lowest BCUT2D eigenvalue weighted by Gasteiger charge is -2.25. The van der Waals surface area contributed by atoms with E-state index >= 15 is 0 Å². The predicted molar refractivity (Wildman–Crippen MR) is 75.0 cm³/mol. The lowest BCUT2D eigenvalue weighted by molar-refractivity contribution is -0.135. The summed E-state index contributed by atoms with van der Waals surface area (Å²) < 4.78 is 35.9. The van der Waals surface area contributed by atoms with Crippen LogP contribution in [0, 0.1) is 5.92 Å². The zero-order valence-corrected chi connectivity index (χ0v) is 11.7. The van der Waals surface area contributed by atoms with E-state index < -0.39 is 12.6 Å². The first-order valence-electron chi connectivity index (χ1n) is 7.12. The van der Waals surface area contributed by atoms with Gasteiger partial charge in [0, 0.05) is 25.2 Å². The van der Waals surface area contributed by atoms with Crippen LogP contribution >= 0.6 is 0 Å². The molecule has 0 bridgehead atoms.